The minimum Gasteiger partial charge on any atom is -0.463 e. The van der Waals surface area contributed by atoms with E-state index in [1.807, 2.05) is 13.8 Å². The number of hydrogen-bond donors (Lipinski definition) is 0. The summed E-state index contributed by atoms with van der Waals surface area (Å²) < 4.78 is 6.26. The van der Waals surface area contributed by atoms with Crippen molar-refractivity contribution in [3.63, 3.8) is 0 Å². The summed E-state index contributed by atoms with van der Waals surface area (Å²) in [7, 11) is 0. The third kappa shape index (κ3) is 2.80. The molecule has 0 bridgehead atoms. The number of ether oxygens (including phenoxy) is 1. The van der Waals surface area contributed by atoms with E-state index < -0.39 is 5.97 Å². The van der Waals surface area contributed by atoms with Crippen LogP contribution in [0.5, 0.6) is 0 Å². The van der Waals surface area contributed by atoms with E-state index in [2.05, 4.69) is 4.98 Å². The van der Waals surface area contributed by atoms with Crippen molar-refractivity contribution in [1.82, 2.24) is 9.55 Å². The third-order valence-electron chi connectivity index (χ3n) is 3.00. The summed E-state index contributed by atoms with van der Waals surface area (Å²) in [6.45, 7) is 6.29. The van der Waals surface area contributed by atoms with E-state index in [1.54, 1.807) is 13.0 Å². The van der Waals surface area contributed by atoms with Crippen LogP contribution in [0.25, 0.3) is 10.2 Å². The van der Waals surface area contributed by atoms with Gasteiger partial charge in [-0.05, 0) is 26.3 Å². The Morgan fingerprint density at radius 1 is 1.50 bits per heavy atom. The van der Waals surface area contributed by atoms with Crippen molar-refractivity contribution in [2.75, 3.05) is 6.61 Å². The maximum atomic E-state index is 12.3. The van der Waals surface area contributed by atoms with E-state index in [1.165, 1.54) is 28.3 Å². The van der Waals surface area contributed by atoms with Crippen molar-refractivity contribution < 1.29 is 9.53 Å². The second kappa shape index (κ2) is 6.00. The molecule has 106 valence electrons. The summed E-state index contributed by atoms with van der Waals surface area (Å²) >= 11 is 1.52. The van der Waals surface area contributed by atoms with Gasteiger partial charge in [0.25, 0.3) is 5.56 Å². The van der Waals surface area contributed by atoms with Gasteiger partial charge in [0.05, 0.1) is 18.3 Å². The van der Waals surface area contributed by atoms with Gasteiger partial charge >= 0.3 is 5.97 Å². The molecule has 0 amide bonds. The highest BCUT2D eigenvalue weighted by molar-refractivity contribution is 7.18. The van der Waals surface area contributed by atoms with Crippen LogP contribution in [0, 0.1) is 13.8 Å². The average molecular weight is 292 g/mol. The van der Waals surface area contributed by atoms with Gasteiger partial charge in [-0.2, -0.15) is 0 Å². The highest BCUT2D eigenvalue weighted by atomic mass is 32.1. The standard InChI is InChI=1S/C14H16N2O3S/c1-4-19-11(17)6-5-7-16-8-15-13-12(14(16)18)9(2)10(3)20-13/h5-6,8H,4,7H2,1-3H3/b6-5+. The monoisotopic (exact) mass is 292 g/mol. The summed E-state index contributed by atoms with van der Waals surface area (Å²) in [5, 5.41) is 0.666. The van der Waals surface area contributed by atoms with Crippen LogP contribution in [0.15, 0.2) is 23.3 Å². The zero-order valence-corrected chi connectivity index (χ0v) is 12.5. The second-order valence-electron chi connectivity index (χ2n) is 4.32. The van der Waals surface area contributed by atoms with Gasteiger partial charge in [-0.15, -0.1) is 11.3 Å². The number of esters is 1. The van der Waals surface area contributed by atoms with E-state index in [-0.39, 0.29) is 5.56 Å². The van der Waals surface area contributed by atoms with Crippen molar-refractivity contribution in [2.24, 2.45) is 0 Å². The van der Waals surface area contributed by atoms with E-state index in [0.29, 0.717) is 18.5 Å². The van der Waals surface area contributed by atoms with Crippen molar-refractivity contribution in [3.8, 4) is 0 Å². The highest BCUT2D eigenvalue weighted by Crippen LogP contribution is 2.25. The SMILES string of the molecule is CCOC(=O)/C=C/Cn1cnc2sc(C)c(C)c2c1=O. The largest absolute Gasteiger partial charge is 0.463 e. The van der Waals surface area contributed by atoms with Crippen molar-refractivity contribution >= 4 is 27.5 Å². The lowest BCUT2D eigenvalue weighted by molar-refractivity contribution is -0.137. The lowest BCUT2D eigenvalue weighted by atomic mass is 10.2. The lowest BCUT2D eigenvalue weighted by Crippen LogP contribution is -2.19. The predicted octanol–water partition coefficient (Wildman–Crippen LogP) is 2.19. The first kappa shape index (κ1) is 14.5. The first-order valence-corrected chi connectivity index (χ1v) is 7.14. The fraction of sp³-hybridized carbons (Fsp3) is 0.357. The number of aryl methyl sites for hydroxylation is 2. The summed E-state index contributed by atoms with van der Waals surface area (Å²) in [5.41, 5.74) is 0.900. The Kier molecular flexibility index (Phi) is 4.34. The number of hydrogen-bond acceptors (Lipinski definition) is 5. The van der Waals surface area contributed by atoms with Crippen LogP contribution in [0.3, 0.4) is 0 Å². The molecule has 2 heterocycles. The fourth-order valence-electron chi connectivity index (χ4n) is 1.85. The fourth-order valence-corrected chi connectivity index (χ4v) is 2.84. The zero-order chi connectivity index (χ0) is 14.7. The van der Waals surface area contributed by atoms with Crippen LogP contribution in [-0.4, -0.2) is 22.1 Å². The quantitative estimate of drug-likeness (QED) is 0.640. The summed E-state index contributed by atoms with van der Waals surface area (Å²) in [6.07, 6.45) is 4.43. The molecule has 0 N–H and O–H groups in total. The van der Waals surface area contributed by atoms with Gasteiger partial charge in [0.1, 0.15) is 4.83 Å². The molecule has 0 fully saturated rings. The van der Waals surface area contributed by atoms with Gasteiger partial charge in [-0.1, -0.05) is 6.08 Å². The third-order valence-corrected chi connectivity index (χ3v) is 4.11. The summed E-state index contributed by atoms with van der Waals surface area (Å²) in [4.78, 5) is 29.7. The molecule has 0 spiro atoms. The number of carbonyl (C=O) groups excluding carboxylic acids is 1. The number of carbonyl (C=O) groups is 1. The van der Waals surface area contributed by atoms with Crippen LogP contribution < -0.4 is 5.56 Å². The molecule has 0 atom stereocenters. The van der Waals surface area contributed by atoms with Gasteiger partial charge in [0.15, 0.2) is 0 Å². The summed E-state index contributed by atoms with van der Waals surface area (Å²) in [6, 6.07) is 0. The Morgan fingerprint density at radius 2 is 2.25 bits per heavy atom. The molecule has 5 nitrogen and oxygen atoms in total. The van der Waals surface area contributed by atoms with Gasteiger partial charge in [0.2, 0.25) is 0 Å². The first-order chi connectivity index (χ1) is 9.54. The molecule has 0 saturated heterocycles. The van der Waals surface area contributed by atoms with E-state index >= 15 is 0 Å². The molecule has 0 aliphatic rings. The first-order valence-electron chi connectivity index (χ1n) is 6.33. The number of fused-ring (bicyclic) bond motifs is 1. The molecule has 20 heavy (non-hydrogen) atoms. The smallest absolute Gasteiger partial charge is 0.330 e. The molecule has 0 aromatic carbocycles. The average Bonchev–Trinajstić information content (AvgIpc) is 2.69. The van der Waals surface area contributed by atoms with Crippen molar-refractivity contribution in [1.29, 1.82) is 0 Å². The Morgan fingerprint density at radius 3 is 2.95 bits per heavy atom. The van der Waals surface area contributed by atoms with Crippen LogP contribution >= 0.6 is 11.3 Å². The van der Waals surface area contributed by atoms with E-state index in [0.717, 1.165) is 15.3 Å². The van der Waals surface area contributed by atoms with Crippen LogP contribution in [-0.2, 0) is 16.1 Å². The molecule has 0 radical (unpaired) electrons. The van der Waals surface area contributed by atoms with Crippen LogP contribution in [0.1, 0.15) is 17.4 Å². The van der Waals surface area contributed by atoms with E-state index in [9.17, 15) is 9.59 Å². The van der Waals surface area contributed by atoms with Gasteiger partial charge in [-0.25, -0.2) is 9.78 Å². The maximum Gasteiger partial charge on any atom is 0.330 e. The van der Waals surface area contributed by atoms with Crippen LogP contribution in [0.4, 0.5) is 0 Å². The van der Waals surface area contributed by atoms with Crippen molar-refractivity contribution in [3.05, 3.63) is 39.3 Å². The minimum absolute atomic E-state index is 0.0784. The number of nitrogens with zero attached hydrogens (tertiary/aromatic N) is 2. The zero-order valence-electron chi connectivity index (χ0n) is 11.7. The molecule has 0 aliphatic carbocycles. The predicted molar refractivity (Wildman–Crippen MR) is 79.1 cm³/mol. The Bertz CT molecular complexity index is 728. The molecular formula is C14H16N2O3S. The molecule has 6 heteroatoms. The molecule has 2 aromatic rings. The highest BCUT2D eigenvalue weighted by Gasteiger charge is 2.11. The van der Waals surface area contributed by atoms with Crippen molar-refractivity contribution in [2.45, 2.75) is 27.3 Å². The van der Waals surface area contributed by atoms with Gasteiger partial charge in [-0.3, -0.25) is 9.36 Å². The number of aromatic nitrogens is 2. The number of rotatable bonds is 4. The molecular weight excluding hydrogens is 276 g/mol. The Balaban J connectivity index is 2.28. The Labute approximate surface area is 120 Å². The minimum atomic E-state index is -0.405. The molecule has 0 unspecified atom stereocenters. The molecule has 2 rings (SSSR count). The lowest BCUT2D eigenvalue weighted by Gasteiger charge is -2.01. The normalized spacial score (nSPS) is 11.3. The van der Waals surface area contributed by atoms with Gasteiger partial charge < -0.3 is 4.74 Å². The summed E-state index contributed by atoms with van der Waals surface area (Å²) in [5.74, 6) is -0.405. The number of thiophene rings is 1. The molecule has 0 saturated carbocycles. The Hall–Kier alpha value is -1.95. The van der Waals surface area contributed by atoms with Gasteiger partial charge in [0, 0.05) is 17.5 Å². The molecule has 0 aliphatic heterocycles. The molecule has 2 aromatic heterocycles. The van der Waals surface area contributed by atoms with Crippen LogP contribution in [0.2, 0.25) is 0 Å². The topological polar surface area (TPSA) is 61.2 Å². The maximum absolute atomic E-state index is 12.3. The second-order valence-corrected chi connectivity index (χ2v) is 5.52. The van der Waals surface area contributed by atoms with E-state index in [4.69, 9.17) is 4.74 Å². The number of allylic oxidation sites excluding steroid dienone is 1.